The number of carbonyl (C=O) groups excluding carboxylic acids is 2. The van der Waals surface area contributed by atoms with Crippen LogP contribution in [0, 0.1) is 0 Å². The van der Waals surface area contributed by atoms with Gasteiger partial charge in [0.15, 0.2) is 5.75 Å². The summed E-state index contributed by atoms with van der Waals surface area (Å²) in [4.78, 5) is 23.3. The van der Waals surface area contributed by atoms with Gasteiger partial charge < -0.3 is 9.47 Å². The molecule has 0 radical (unpaired) electrons. The molecule has 1 aromatic carbocycles. The summed E-state index contributed by atoms with van der Waals surface area (Å²) in [5.74, 6) is -0.820. The van der Waals surface area contributed by atoms with Crippen molar-refractivity contribution in [3.05, 3.63) is 39.4 Å². The standard InChI is InChI=1S/C17H19Cl3O4/c1-2-3-4-5-9-23-15(21)7-6-8-16(22)24-17-13(19)10-12(18)11-14(17)20/h4-5,10-11H,2-3,6-9H2,1H3/b5-4+. The maximum Gasteiger partial charge on any atom is 0.311 e. The van der Waals surface area contributed by atoms with Crippen molar-refractivity contribution in [2.24, 2.45) is 0 Å². The first-order valence-electron chi connectivity index (χ1n) is 7.59. The number of unbranched alkanes of at least 4 members (excludes halogenated alkanes) is 1. The van der Waals surface area contributed by atoms with E-state index in [4.69, 9.17) is 44.3 Å². The molecular weight excluding hydrogens is 375 g/mol. The predicted octanol–water partition coefficient (Wildman–Crippen LogP) is 5.62. The van der Waals surface area contributed by atoms with Crippen LogP contribution in [0.15, 0.2) is 24.3 Å². The van der Waals surface area contributed by atoms with Gasteiger partial charge in [-0.15, -0.1) is 0 Å². The van der Waals surface area contributed by atoms with Crippen molar-refractivity contribution in [3.63, 3.8) is 0 Å². The molecule has 0 aromatic heterocycles. The maximum absolute atomic E-state index is 11.8. The number of benzene rings is 1. The molecule has 24 heavy (non-hydrogen) atoms. The third-order valence-corrected chi connectivity index (χ3v) is 3.68. The normalized spacial score (nSPS) is 10.8. The lowest BCUT2D eigenvalue weighted by atomic mass is 10.2. The minimum atomic E-state index is -0.531. The molecule has 1 rings (SSSR count). The van der Waals surface area contributed by atoms with Gasteiger partial charge in [-0.25, -0.2) is 0 Å². The minimum Gasteiger partial charge on any atom is -0.461 e. The lowest BCUT2D eigenvalue weighted by Gasteiger charge is -2.08. The Morgan fingerprint density at radius 1 is 1.04 bits per heavy atom. The van der Waals surface area contributed by atoms with Crippen molar-refractivity contribution in [1.29, 1.82) is 0 Å². The van der Waals surface area contributed by atoms with E-state index in [1.165, 1.54) is 12.1 Å². The second-order valence-electron chi connectivity index (χ2n) is 4.97. The molecule has 0 saturated heterocycles. The molecule has 1 aromatic rings. The summed E-state index contributed by atoms with van der Waals surface area (Å²) in [5, 5.41) is 0.652. The van der Waals surface area contributed by atoms with Crippen LogP contribution in [0.4, 0.5) is 0 Å². The first kappa shape index (κ1) is 20.8. The summed E-state index contributed by atoms with van der Waals surface area (Å²) in [7, 11) is 0. The zero-order chi connectivity index (χ0) is 17.9. The van der Waals surface area contributed by atoms with E-state index in [-0.39, 0.29) is 41.2 Å². The fourth-order valence-corrected chi connectivity index (χ4v) is 2.63. The third-order valence-electron chi connectivity index (χ3n) is 2.90. The van der Waals surface area contributed by atoms with E-state index in [1.54, 1.807) is 6.08 Å². The molecule has 0 bridgehead atoms. The topological polar surface area (TPSA) is 52.6 Å². The van der Waals surface area contributed by atoms with Crippen molar-refractivity contribution in [2.45, 2.75) is 39.0 Å². The van der Waals surface area contributed by atoms with Crippen molar-refractivity contribution in [3.8, 4) is 5.75 Å². The van der Waals surface area contributed by atoms with Crippen LogP contribution < -0.4 is 4.74 Å². The zero-order valence-electron chi connectivity index (χ0n) is 13.3. The second-order valence-corrected chi connectivity index (χ2v) is 6.22. The largest absolute Gasteiger partial charge is 0.461 e. The van der Waals surface area contributed by atoms with Crippen LogP contribution in [0.25, 0.3) is 0 Å². The number of rotatable bonds is 9. The summed E-state index contributed by atoms with van der Waals surface area (Å²) >= 11 is 17.6. The van der Waals surface area contributed by atoms with Gasteiger partial charge in [-0.3, -0.25) is 9.59 Å². The van der Waals surface area contributed by atoms with Gasteiger partial charge in [0.2, 0.25) is 0 Å². The average molecular weight is 394 g/mol. The molecule has 0 heterocycles. The van der Waals surface area contributed by atoms with Crippen LogP contribution in [0.3, 0.4) is 0 Å². The Morgan fingerprint density at radius 2 is 1.67 bits per heavy atom. The number of allylic oxidation sites excluding steroid dienone is 1. The Morgan fingerprint density at radius 3 is 2.29 bits per heavy atom. The highest BCUT2D eigenvalue weighted by molar-refractivity contribution is 6.40. The molecular formula is C17H19Cl3O4. The van der Waals surface area contributed by atoms with Gasteiger partial charge in [0.1, 0.15) is 6.61 Å². The molecule has 0 saturated carbocycles. The quantitative estimate of drug-likeness (QED) is 0.310. The highest BCUT2D eigenvalue weighted by Gasteiger charge is 2.14. The Hall–Kier alpha value is -1.23. The predicted molar refractivity (Wildman–Crippen MR) is 96.0 cm³/mol. The Balaban J connectivity index is 2.31. The van der Waals surface area contributed by atoms with Crippen LogP contribution >= 0.6 is 34.8 Å². The minimum absolute atomic E-state index is 0.0516. The molecule has 7 heteroatoms. The van der Waals surface area contributed by atoms with Crippen LogP contribution in [-0.2, 0) is 14.3 Å². The lowest BCUT2D eigenvalue weighted by Crippen LogP contribution is -2.10. The van der Waals surface area contributed by atoms with Crippen molar-refractivity contribution in [2.75, 3.05) is 6.61 Å². The number of halogens is 3. The monoisotopic (exact) mass is 392 g/mol. The Kier molecular flexibility index (Phi) is 9.84. The number of carbonyl (C=O) groups is 2. The molecule has 0 spiro atoms. The van der Waals surface area contributed by atoms with Gasteiger partial charge >= 0.3 is 11.9 Å². The second kappa shape index (κ2) is 11.3. The van der Waals surface area contributed by atoms with Gasteiger partial charge in [0.25, 0.3) is 0 Å². The van der Waals surface area contributed by atoms with Gasteiger partial charge in [-0.1, -0.05) is 60.3 Å². The Labute approximate surface area is 156 Å². The zero-order valence-corrected chi connectivity index (χ0v) is 15.6. The van der Waals surface area contributed by atoms with Gasteiger partial charge in [0, 0.05) is 17.9 Å². The molecule has 0 aliphatic carbocycles. The van der Waals surface area contributed by atoms with E-state index in [1.807, 2.05) is 6.08 Å². The van der Waals surface area contributed by atoms with E-state index in [0.717, 1.165) is 12.8 Å². The fourth-order valence-electron chi connectivity index (χ4n) is 1.73. The van der Waals surface area contributed by atoms with E-state index in [2.05, 4.69) is 6.92 Å². The molecule has 4 nitrogen and oxygen atoms in total. The van der Waals surface area contributed by atoms with Crippen molar-refractivity contribution < 1.29 is 19.1 Å². The molecule has 0 amide bonds. The SMILES string of the molecule is CCC/C=C/COC(=O)CCCC(=O)Oc1c(Cl)cc(Cl)cc1Cl. The summed E-state index contributed by atoms with van der Waals surface area (Å²) < 4.78 is 10.1. The van der Waals surface area contributed by atoms with Crippen molar-refractivity contribution in [1.82, 2.24) is 0 Å². The molecule has 0 aliphatic rings. The molecule has 0 N–H and O–H groups in total. The molecule has 0 unspecified atom stereocenters. The number of hydrogen-bond acceptors (Lipinski definition) is 4. The van der Waals surface area contributed by atoms with Crippen LogP contribution in [-0.4, -0.2) is 18.5 Å². The Bertz CT molecular complexity index is 576. The summed E-state index contributed by atoms with van der Waals surface area (Å²) in [5.41, 5.74) is 0. The lowest BCUT2D eigenvalue weighted by molar-refractivity contribution is -0.142. The molecule has 132 valence electrons. The van der Waals surface area contributed by atoms with Gasteiger partial charge in [-0.05, 0) is 25.0 Å². The van der Waals surface area contributed by atoms with Gasteiger partial charge in [-0.2, -0.15) is 0 Å². The number of hydrogen-bond donors (Lipinski definition) is 0. The number of esters is 2. The smallest absolute Gasteiger partial charge is 0.311 e. The van der Waals surface area contributed by atoms with Crippen LogP contribution in [0.5, 0.6) is 5.75 Å². The van der Waals surface area contributed by atoms with E-state index in [9.17, 15) is 9.59 Å². The number of ether oxygens (including phenoxy) is 2. The van der Waals surface area contributed by atoms with E-state index >= 15 is 0 Å². The molecule has 0 atom stereocenters. The molecule has 0 aliphatic heterocycles. The van der Waals surface area contributed by atoms with E-state index < -0.39 is 5.97 Å². The first-order chi connectivity index (χ1) is 11.4. The third kappa shape index (κ3) is 8.04. The van der Waals surface area contributed by atoms with Crippen LogP contribution in [0.1, 0.15) is 39.0 Å². The maximum atomic E-state index is 11.8. The van der Waals surface area contributed by atoms with Crippen LogP contribution in [0.2, 0.25) is 15.1 Å². The van der Waals surface area contributed by atoms with Gasteiger partial charge in [0.05, 0.1) is 10.0 Å². The molecule has 0 fully saturated rings. The summed E-state index contributed by atoms with van der Waals surface area (Å²) in [6.45, 7) is 2.32. The average Bonchev–Trinajstić information content (AvgIpc) is 2.50. The van der Waals surface area contributed by atoms with E-state index in [0.29, 0.717) is 11.4 Å². The summed E-state index contributed by atoms with van der Waals surface area (Å²) in [6.07, 6.45) is 6.28. The highest BCUT2D eigenvalue weighted by Crippen LogP contribution is 2.36. The summed E-state index contributed by atoms with van der Waals surface area (Å²) in [6, 6.07) is 2.86. The first-order valence-corrected chi connectivity index (χ1v) is 8.73. The highest BCUT2D eigenvalue weighted by atomic mass is 35.5. The fraction of sp³-hybridized carbons (Fsp3) is 0.412. The van der Waals surface area contributed by atoms with Crippen molar-refractivity contribution >= 4 is 46.7 Å².